The lowest BCUT2D eigenvalue weighted by Gasteiger charge is -2.09. The van der Waals surface area contributed by atoms with Crippen LogP contribution in [0.15, 0.2) is 24.3 Å². The van der Waals surface area contributed by atoms with Crippen LogP contribution in [0, 0.1) is 11.3 Å². The molecule has 0 saturated heterocycles. The number of aliphatic hydroxyl groups is 1. The third kappa shape index (κ3) is 5.05. The Morgan fingerprint density at radius 3 is 2.74 bits per heavy atom. The Bertz CT molecular complexity index is 606. The van der Waals surface area contributed by atoms with E-state index < -0.39 is 34.4 Å². The maximum atomic E-state index is 11.6. The van der Waals surface area contributed by atoms with Crippen molar-refractivity contribution in [2.24, 2.45) is 0 Å². The van der Waals surface area contributed by atoms with E-state index in [4.69, 9.17) is 15.5 Å². The maximum absolute atomic E-state index is 11.6. The lowest BCUT2D eigenvalue weighted by molar-refractivity contribution is -0.146. The second kappa shape index (κ2) is 6.29. The second-order valence-electron chi connectivity index (χ2n) is 3.77. The minimum atomic E-state index is -3.77. The number of benzene rings is 1. The van der Waals surface area contributed by atoms with Gasteiger partial charge in [0.1, 0.15) is 0 Å². The van der Waals surface area contributed by atoms with E-state index in [1.807, 2.05) is 10.8 Å². The van der Waals surface area contributed by atoms with E-state index >= 15 is 0 Å². The summed E-state index contributed by atoms with van der Waals surface area (Å²) in [6, 6.07) is 7.93. The molecule has 19 heavy (non-hydrogen) atoms. The van der Waals surface area contributed by atoms with Gasteiger partial charge >= 0.3 is 5.97 Å². The fraction of sp³-hybridized carbons (Fsp3) is 0.273. The first kappa shape index (κ1) is 15.1. The van der Waals surface area contributed by atoms with E-state index in [0.717, 1.165) is 0 Å². The van der Waals surface area contributed by atoms with Crippen molar-refractivity contribution < 1.29 is 23.4 Å². The van der Waals surface area contributed by atoms with Crippen LogP contribution in [0.3, 0.4) is 0 Å². The van der Waals surface area contributed by atoms with Crippen molar-refractivity contribution in [3.05, 3.63) is 35.4 Å². The van der Waals surface area contributed by atoms with Crippen LogP contribution in [0.25, 0.3) is 0 Å². The first-order valence-corrected chi connectivity index (χ1v) is 6.86. The highest BCUT2D eigenvalue weighted by Crippen LogP contribution is 2.07. The molecule has 7 nitrogen and oxygen atoms in total. The zero-order valence-corrected chi connectivity index (χ0v) is 10.6. The molecule has 1 atom stereocenters. The lowest BCUT2D eigenvalue weighted by Crippen LogP contribution is -2.37. The quantitative estimate of drug-likeness (QED) is 0.641. The molecule has 0 fully saturated rings. The van der Waals surface area contributed by atoms with E-state index in [-0.39, 0.29) is 0 Å². The predicted molar refractivity (Wildman–Crippen MR) is 65.4 cm³/mol. The van der Waals surface area contributed by atoms with E-state index in [1.165, 1.54) is 18.2 Å². The zero-order valence-electron chi connectivity index (χ0n) is 9.78. The van der Waals surface area contributed by atoms with Gasteiger partial charge in [-0.1, -0.05) is 12.1 Å². The van der Waals surface area contributed by atoms with Gasteiger partial charge in [0.05, 0.1) is 17.4 Å². The lowest BCUT2D eigenvalue weighted by atomic mass is 10.2. The van der Waals surface area contributed by atoms with Crippen LogP contribution in [-0.2, 0) is 20.6 Å². The van der Waals surface area contributed by atoms with Crippen LogP contribution in [-0.4, -0.2) is 37.2 Å². The molecule has 0 bridgehead atoms. The van der Waals surface area contributed by atoms with Crippen LogP contribution in [0.4, 0.5) is 0 Å². The topological polar surface area (TPSA) is 127 Å². The average Bonchev–Trinajstić information content (AvgIpc) is 2.35. The molecule has 0 radical (unpaired) electrons. The van der Waals surface area contributed by atoms with Crippen LogP contribution in [0.5, 0.6) is 0 Å². The highest BCUT2D eigenvalue weighted by atomic mass is 32.2. The van der Waals surface area contributed by atoms with Gasteiger partial charge in [0.25, 0.3) is 0 Å². The molecule has 1 rings (SSSR count). The molecule has 0 unspecified atom stereocenters. The summed E-state index contributed by atoms with van der Waals surface area (Å²) >= 11 is 0. The summed E-state index contributed by atoms with van der Waals surface area (Å²) in [5, 5.41) is 26.1. The smallest absolute Gasteiger partial charge is 0.333 e. The molecule has 0 aromatic heterocycles. The number of sulfonamides is 1. The SMILES string of the molecule is N#Cc1cccc(CS(=O)(=O)NC[C@H](O)C(=O)O)c1. The normalized spacial score (nSPS) is 12.6. The van der Waals surface area contributed by atoms with Gasteiger partial charge in [-0.15, -0.1) is 0 Å². The van der Waals surface area contributed by atoms with E-state index in [1.54, 1.807) is 6.07 Å². The molecule has 0 aliphatic rings. The number of hydrogen-bond acceptors (Lipinski definition) is 5. The molecular weight excluding hydrogens is 272 g/mol. The number of nitrogens with one attached hydrogen (secondary N) is 1. The first-order chi connectivity index (χ1) is 8.84. The molecule has 1 aromatic rings. The van der Waals surface area contributed by atoms with Crippen molar-refractivity contribution in [3.63, 3.8) is 0 Å². The molecule has 3 N–H and O–H groups in total. The number of hydrogen-bond donors (Lipinski definition) is 3. The Morgan fingerprint density at radius 1 is 1.47 bits per heavy atom. The molecule has 0 aliphatic carbocycles. The van der Waals surface area contributed by atoms with Crippen molar-refractivity contribution in [3.8, 4) is 6.07 Å². The summed E-state index contributed by atoms with van der Waals surface area (Å²) in [5.41, 5.74) is 0.731. The predicted octanol–water partition coefficient (Wildman–Crippen LogP) is -0.577. The zero-order chi connectivity index (χ0) is 14.5. The maximum Gasteiger partial charge on any atom is 0.333 e. The summed E-state index contributed by atoms with van der Waals surface area (Å²) in [7, 11) is -3.77. The molecule has 102 valence electrons. The van der Waals surface area contributed by atoms with Crippen molar-refractivity contribution >= 4 is 16.0 Å². The van der Waals surface area contributed by atoms with Gasteiger partial charge in [0.15, 0.2) is 6.10 Å². The molecule has 0 amide bonds. The van der Waals surface area contributed by atoms with Crippen LogP contribution in [0.2, 0.25) is 0 Å². The Hall–Kier alpha value is -1.95. The Kier molecular flexibility index (Phi) is 5.00. The molecule has 0 aliphatic heterocycles. The highest BCUT2D eigenvalue weighted by Gasteiger charge is 2.18. The first-order valence-electron chi connectivity index (χ1n) is 5.21. The van der Waals surface area contributed by atoms with Gasteiger partial charge < -0.3 is 10.2 Å². The third-order valence-electron chi connectivity index (χ3n) is 2.19. The number of aliphatic hydroxyl groups excluding tert-OH is 1. The third-order valence-corrected chi connectivity index (χ3v) is 3.51. The average molecular weight is 284 g/mol. The second-order valence-corrected chi connectivity index (χ2v) is 5.58. The van der Waals surface area contributed by atoms with Gasteiger partial charge in [-0.2, -0.15) is 5.26 Å². The Morgan fingerprint density at radius 2 is 2.16 bits per heavy atom. The van der Waals surface area contributed by atoms with Crippen molar-refractivity contribution in [2.75, 3.05) is 6.54 Å². The fourth-order valence-electron chi connectivity index (χ4n) is 1.29. The summed E-state index contributed by atoms with van der Waals surface area (Å²) in [4.78, 5) is 10.3. The number of rotatable bonds is 6. The van der Waals surface area contributed by atoms with Crippen LogP contribution < -0.4 is 4.72 Å². The molecule has 0 heterocycles. The van der Waals surface area contributed by atoms with Crippen LogP contribution >= 0.6 is 0 Å². The number of aliphatic carboxylic acids is 1. The molecular formula is C11H12N2O5S. The van der Waals surface area contributed by atoms with Crippen molar-refractivity contribution in [1.29, 1.82) is 5.26 Å². The number of nitriles is 1. The monoisotopic (exact) mass is 284 g/mol. The summed E-state index contributed by atoms with van der Waals surface area (Å²) < 4.78 is 25.2. The van der Waals surface area contributed by atoms with Crippen LogP contribution in [0.1, 0.15) is 11.1 Å². The van der Waals surface area contributed by atoms with Gasteiger partial charge in [-0.05, 0) is 17.7 Å². The molecule has 0 saturated carbocycles. The minimum Gasteiger partial charge on any atom is -0.479 e. The van der Waals surface area contributed by atoms with E-state index in [0.29, 0.717) is 11.1 Å². The standard InChI is InChI=1S/C11H12N2O5S/c12-5-8-2-1-3-9(4-8)7-19(17,18)13-6-10(14)11(15)16/h1-4,10,13-14H,6-7H2,(H,15,16)/t10-/m0/s1. The number of carboxylic acids is 1. The van der Waals surface area contributed by atoms with Gasteiger partial charge in [-0.25, -0.2) is 17.9 Å². The highest BCUT2D eigenvalue weighted by molar-refractivity contribution is 7.88. The van der Waals surface area contributed by atoms with Gasteiger partial charge in [0.2, 0.25) is 10.0 Å². The number of carbonyl (C=O) groups is 1. The molecule has 1 aromatic carbocycles. The van der Waals surface area contributed by atoms with Gasteiger partial charge in [-0.3, -0.25) is 0 Å². The largest absolute Gasteiger partial charge is 0.479 e. The summed E-state index contributed by atoms with van der Waals surface area (Å²) in [6.07, 6.45) is -1.79. The minimum absolute atomic E-state index is 0.332. The molecule has 0 spiro atoms. The van der Waals surface area contributed by atoms with Gasteiger partial charge in [0, 0.05) is 6.54 Å². The Labute approximate surface area is 110 Å². The Balaban J connectivity index is 2.69. The van der Waals surface area contributed by atoms with E-state index in [2.05, 4.69) is 0 Å². The number of nitrogens with zero attached hydrogens (tertiary/aromatic N) is 1. The van der Waals surface area contributed by atoms with Crippen molar-refractivity contribution in [1.82, 2.24) is 4.72 Å². The molecule has 8 heteroatoms. The van der Waals surface area contributed by atoms with Crippen molar-refractivity contribution in [2.45, 2.75) is 11.9 Å². The summed E-state index contributed by atoms with van der Waals surface area (Å²) in [6.45, 7) is -0.602. The summed E-state index contributed by atoms with van der Waals surface area (Å²) in [5.74, 6) is -1.90. The van der Waals surface area contributed by atoms with E-state index in [9.17, 15) is 13.2 Å². The fourth-order valence-corrected chi connectivity index (χ4v) is 2.43. The number of carboxylic acid groups (broad SMARTS) is 1.